The molecule has 7 nitrogen and oxygen atoms in total. The Kier molecular flexibility index (Phi) is 4.81. The van der Waals surface area contributed by atoms with Gasteiger partial charge in [0.15, 0.2) is 5.76 Å². The van der Waals surface area contributed by atoms with Crippen molar-refractivity contribution in [3.05, 3.63) is 52.9 Å². The van der Waals surface area contributed by atoms with E-state index >= 15 is 0 Å². The number of hydrogen-bond acceptors (Lipinski definition) is 7. The summed E-state index contributed by atoms with van der Waals surface area (Å²) in [4.78, 5) is 0. The third kappa shape index (κ3) is 3.33. The zero-order valence-corrected chi connectivity index (χ0v) is 14.6. The summed E-state index contributed by atoms with van der Waals surface area (Å²) in [6, 6.07) is 10.6. The average molecular weight is 413 g/mol. The third-order valence-electron chi connectivity index (χ3n) is 4.19. The number of para-hydroxylation sites is 1. The van der Waals surface area contributed by atoms with Crippen LogP contribution >= 0.6 is 15.9 Å². The second-order valence-electron chi connectivity index (χ2n) is 5.85. The number of hydrogen-bond donors (Lipinski definition) is 2. The first kappa shape index (κ1) is 17.0. The van der Waals surface area contributed by atoms with Crippen molar-refractivity contribution in [2.24, 2.45) is 0 Å². The van der Waals surface area contributed by atoms with Gasteiger partial charge >= 0.3 is 0 Å². The first-order chi connectivity index (χ1) is 12.1. The molecular weight excluding hydrogens is 396 g/mol. The largest absolute Gasteiger partial charge is 0.464 e. The average Bonchev–Trinajstić information content (AvgIpc) is 3.16. The highest BCUT2D eigenvalue weighted by molar-refractivity contribution is 9.10. The van der Waals surface area contributed by atoms with Crippen LogP contribution in [0, 0.1) is 0 Å². The normalized spacial score (nSPS) is 35.2. The van der Waals surface area contributed by atoms with Gasteiger partial charge in [0, 0.05) is 0 Å². The fourth-order valence-electron chi connectivity index (χ4n) is 2.91. The Labute approximate surface area is 152 Å². The molecule has 4 rings (SSSR count). The summed E-state index contributed by atoms with van der Waals surface area (Å²) in [5.41, 5.74) is 0. The Hall–Kier alpha value is -1.42. The van der Waals surface area contributed by atoms with Crippen molar-refractivity contribution in [3.8, 4) is 5.75 Å². The topological polar surface area (TPSA) is 90.5 Å². The molecule has 8 heteroatoms. The minimum atomic E-state index is -1.27. The molecule has 6 atom stereocenters. The second-order valence-corrected chi connectivity index (χ2v) is 6.71. The highest BCUT2D eigenvalue weighted by atomic mass is 79.9. The van der Waals surface area contributed by atoms with Crippen molar-refractivity contribution in [3.63, 3.8) is 0 Å². The summed E-state index contributed by atoms with van der Waals surface area (Å²) in [5, 5.41) is 20.9. The summed E-state index contributed by atoms with van der Waals surface area (Å²) in [7, 11) is 0. The third-order valence-corrected chi connectivity index (χ3v) is 4.84. The fourth-order valence-corrected chi connectivity index (χ4v) is 3.29. The first-order valence-electron chi connectivity index (χ1n) is 7.87. The van der Waals surface area contributed by atoms with E-state index in [0.717, 1.165) is 4.47 Å². The van der Waals surface area contributed by atoms with E-state index in [4.69, 9.17) is 23.4 Å². The molecule has 2 N–H and O–H groups in total. The zero-order chi connectivity index (χ0) is 17.4. The van der Waals surface area contributed by atoms with Gasteiger partial charge in [-0.25, -0.2) is 0 Å². The van der Waals surface area contributed by atoms with Crippen molar-refractivity contribution in [1.82, 2.24) is 0 Å². The number of aliphatic hydroxyl groups is 2. The Balaban J connectivity index is 1.47. The summed E-state index contributed by atoms with van der Waals surface area (Å²) in [6.07, 6.45) is -4.06. The van der Waals surface area contributed by atoms with Crippen LogP contribution in [0.15, 0.2) is 51.6 Å². The van der Waals surface area contributed by atoms with Gasteiger partial charge in [-0.05, 0) is 40.2 Å². The SMILES string of the molecule is OC1C(Oc2ccccc2Br)OC2COC(c3ccco3)OC2C1O. The van der Waals surface area contributed by atoms with Crippen LogP contribution in [0.2, 0.25) is 0 Å². The molecule has 6 unspecified atom stereocenters. The number of fused-ring (bicyclic) bond motifs is 1. The molecule has 2 aromatic rings. The van der Waals surface area contributed by atoms with Crippen molar-refractivity contribution < 1.29 is 33.6 Å². The maximum atomic E-state index is 10.5. The summed E-state index contributed by atoms with van der Waals surface area (Å²) in [5.74, 6) is 0.995. The number of furan rings is 1. The van der Waals surface area contributed by atoms with E-state index in [9.17, 15) is 10.2 Å². The van der Waals surface area contributed by atoms with Crippen LogP contribution in [-0.2, 0) is 14.2 Å². The lowest BCUT2D eigenvalue weighted by molar-refractivity contribution is -0.352. The Morgan fingerprint density at radius 2 is 1.88 bits per heavy atom. The molecule has 2 aliphatic heterocycles. The molecule has 2 fully saturated rings. The van der Waals surface area contributed by atoms with Gasteiger partial charge in [-0.2, -0.15) is 0 Å². The van der Waals surface area contributed by atoms with Crippen LogP contribution in [-0.4, -0.2) is 47.5 Å². The van der Waals surface area contributed by atoms with Crippen LogP contribution < -0.4 is 4.74 Å². The monoisotopic (exact) mass is 412 g/mol. The number of aliphatic hydroxyl groups excluding tert-OH is 2. The molecule has 0 radical (unpaired) electrons. The molecule has 1 aromatic heterocycles. The van der Waals surface area contributed by atoms with Crippen LogP contribution in [0.4, 0.5) is 0 Å². The van der Waals surface area contributed by atoms with Gasteiger partial charge in [0.1, 0.15) is 30.2 Å². The van der Waals surface area contributed by atoms with E-state index in [2.05, 4.69) is 15.9 Å². The molecule has 0 aliphatic carbocycles. The minimum Gasteiger partial charge on any atom is -0.464 e. The van der Waals surface area contributed by atoms with E-state index in [1.807, 2.05) is 12.1 Å². The van der Waals surface area contributed by atoms with E-state index in [0.29, 0.717) is 11.5 Å². The Bertz CT molecular complexity index is 705. The van der Waals surface area contributed by atoms with Gasteiger partial charge in [0.05, 0.1) is 17.3 Å². The van der Waals surface area contributed by atoms with Crippen molar-refractivity contribution in [2.45, 2.75) is 37.0 Å². The van der Waals surface area contributed by atoms with E-state index in [-0.39, 0.29) is 6.61 Å². The molecule has 0 saturated carbocycles. The molecule has 25 heavy (non-hydrogen) atoms. The van der Waals surface area contributed by atoms with Gasteiger partial charge in [0.25, 0.3) is 0 Å². The minimum absolute atomic E-state index is 0.176. The van der Waals surface area contributed by atoms with Gasteiger partial charge < -0.3 is 33.6 Å². The molecular formula is C17H17BrO7. The van der Waals surface area contributed by atoms with E-state index in [1.165, 1.54) is 6.26 Å². The van der Waals surface area contributed by atoms with Crippen LogP contribution in [0.3, 0.4) is 0 Å². The number of rotatable bonds is 3. The maximum absolute atomic E-state index is 10.5. The molecule has 3 heterocycles. The summed E-state index contributed by atoms with van der Waals surface area (Å²) < 4.78 is 28.8. The molecule has 2 aliphatic rings. The number of halogens is 1. The van der Waals surface area contributed by atoms with Crippen LogP contribution in [0.25, 0.3) is 0 Å². The highest BCUT2D eigenvalue weighted by Gasteiger charge is 2.50. The predicted octanol–water partition coefficient (Wildman–Crippen LogP) is 1.98. The molecule has 2 saturated heterocycles. The fraction of sp³-hybridized carbons (Fsp3) is 0.412. The zero-order valence-electron chi connectivity index (χ0n) is 13.0. The lowest BCUT2D eigenvalue weighted by atomic mass is 9.98. The quantitative estimate of drug-likeness (QED) is 0.796. The number of benzene rings is 1. The van der Waals surface area contributed by atoms with E-state index in [1.54, 1.807) is 24.3 Å². The second kappa shape index (κ2) is 7.06. The van der Waals surface area contributed by atoms with Crippen molar-refractivity contribution in [2.75, 3.05) is 6.61 Å². The summed E-state index contributed by atoms with van der Waals surface area (Å²) in [6.45, 7) is 0.176. The highest BCUT2D eigenvalue weighted by Crippen LogP contribution is 2.35. The lowest BCUT2D eigenvalue weighted by Crippen LogP contribution is -2.62. The summed E-state index contributed by atoms with van der Waals surface area (Å²) >= 11 is 3.37. The van der Waals surface area contributed by atoms with Gasteiger partial charge in [-0.1, -0.05) is 12.1 Å². The van der Waals surface area contributed by atoms with Crippen molar-refractivity contribution >= 4 is 15.9 Å². The van der Waals surface area contributed by atoms with Gasteiger partial charge in [-0.3, -0.25) is 0 Å². The van der Waals surface area contributed by atoms with Gasteiger partial charge in [0.2, 0.25) is 12.6 Å². The molecule has 1 aromatic carbocycles. The Morgan fingerprint density at radius 3 is 2.64 bits per heavy atom. The van der Waals surface area contributed by atoms with Gasteiger partial charge in [-0.15, -0.1) is 0 Å². The van der Waals surface area contributed by atoms with Crippen molar-refractivity contribution in [1.29, 1.82) is 0 Å². The van der Waals surface area contributed by atoms with Crippen LogP contribution in [0.5, 0.6) is 5.75 Å². The standard InChI is InChI=1S/C17H17BrO7/c18-9-4-1-2-5-10(9)23-17-14(20)13(19)15-12(24-17)8-22-16(25-15)11-6-3-7-21-11/h1-7,12-17,19-20H,8H2. The lowest BCUT2D eigenvalue weighted by Gasteiger charge is -2.45. The van der Waals surface area contributed by atoms with Crippen LogP contribution in [0.1, 0.15) is 12.1 Å². The maximum Gasteiger partial charge on any atom is 0.229 e. The number of ether oxygens (including phenoxy) is 4. The first-order valence-corrected chi connectivity index (χ1v) is 8.66. The molecule has 0 amide bonds. The van der Waals surface area contributed by atoms with E-state index < -0.39 is 37.0 Å². The molecule has 134 valence electrons. The Morgan fingerprint density at radius 1 is 1.04 bits per heavy atom. The molecule has 0 bridgehead atoms. The smallest absolute Gasteiger partial charge is 0.229 e. The molecule has 0 spiro atoms. The predicted molar refractivity (Wildman–Crippen MR) is 87.7 cm³/mol.